The van der Waals surface area contributed by atoms with E-state index in [9.17, 15) is 0 Å². The predicted octanol–water partition coefficient (Wildman–Crippen LogP) is 2.00. The van der Waals surface area contributed by atoms with E-state index in [0.717, 1.165) is 30.9 Å². The van der Waals surface area contributed by atoms with E-state index in [1.54, 1.807) is 14.2 Å². The first-order chi connectivity index (χ1) is 9.13. The molecule has 3 atom stereocenters. The molecular weight excluding hydrogens is 242 g/mol. The molecule has 1 aromatic rings. The maximum atomic E-state index is 6.28. The van der Waals surface area contributed by atoms with Crippen molar-refractivity contribution in [3.63, 3.8) is 0 Å². The highest BCUT2D eigenvalue weighted by Crippen LogP contribution is 2.29. The Balaban J connectivity index is 2.02. The summed E-state index contributed by atoms with van der Waals surface area (Å²) in [6, 6.07) is 6.09. The molecule has 19 heavy (non-hydrogen) atoms. The van der Waals surface area contributed by atoms with Crippen LogP contribution in [-0.4, -0.2) is 33.0 Å². The third-order valence-corrected chi connectivity index (χ3v) is 3.75. The van der Waals surface area contributed by atoms with Gasteiger partial charge in [-0.1, -0.05) is 6.07 Å². The maximum Gasteiger partial charge on any atom is 0.160 e. The second-order valence-corrected chi connectivity index (χ2v) is 5.20. The van der Waals surface area contributed by atoms with E-state index in [2.05, 4.69) is 6.92 Å². The molecule has 1 aliphatic rings. The van der Waals surface area contributed by atoms with Crippen molar-refractivity contribution in [1.82, 2.24) is 0 Å². The fourth-order valence-electron chi connectivity index (χ4n) is 2.60. The highest BCUT2D eigenvalue weighted by atomic mass is 16.5. The Hall–Kier alpha value is -1.26. The molecule has 0 aliphatic carbocycles. The molecule has 0 radical (unpaired) electrons. The summed E-state index contributed by atoms with van der Waals surface area (Å²) in [7, 11) is 3.29. The Morgan fingerprint density at radius 1 is 1.32 bits per heavy atom. The van der Waals surface area contributed by atoms with E-state index < -0.39 is 0 Å². The van der Waals surface area contributed by atoms with Crippen molar-refractivity contribution < 1.29 is 14.2 Å². The Kier molecular flexibility index (Phi) is 4.66. The molecule has 0 saturated carbocycles. The van der Waals surface area contributed by atoms with Crippen molar-refractivity contribution in [2.75, 3.05) is 20.8 Å². The Morgan fingerprint density at radius 2 is 2.05 bits per heavy atom. The molecule has 1 aromatic carbocycles. The van der Waals surface area contributed by atoms with Crippen molar-refractivity contribution in [3.05, 3.63) is 23.8 Å². The molecule has 3 unspecified atom stereocenters. The molecular formula is C15H23NO3. The van der Waals surface area contributed by atoms with Gasteiger partial charge < -0.3 is 19.9 Å². The first-order valence-electron chi connectivity index (χ1n) is 6.72. The molecule has 2 rings (SSSR count). The lowest BCUT2D eigenvalue weighted by Gasteiger charge is -2.18. The highest BCUT2D eigenvalue weighted by Gasteiger charge is 2.27. The predicted molar refractivity (Wildman–Crippen MR) is 74.7 cm³/mol. The average Bonchev–Trinajstić information content (AvgIpc) is 2.85. The molecule has 1 aliphatic heterocycles. The second-order valence-electron chi connectivity index (χ2n) is 5.20. The van der Waals surface area contributed by atoms with Crippen molar-refractivity contribution >= 4 is 0 Å². The zero-order valence-electron chi connectivity index (χ0n) is 11.9. The molecule has 2 N–H and O–H groups in total. The van der Waals surface area contributed by atoms with Crippen LogP contribution in [0.25, 0.3) is 0 Å². The van der Waals surface area contributed by atoms with E-state index >= 15 is 0 Å². The summed E-state index contributed by atoms with van der Waals surface area (Å²) in [5.41, 5.74) is 7.45. The molecule has 106 valence electrons. The van der Waals surface area contributed by atoms with Crippen LogP contribution in [0.2, 0.25) is 0 Å². The lowest BCUT2D eigenvalue weighted by molar-refractivity contribution is 0.118. The van der Waals surface area contributed by atoms with Gasteiger partial charge in [0.15, 0.2) is 11.5 Å². The Bertz CT molecular complexity index is 422. The topological polar surface area (TPSA) is 53.7 Å². The van der Waals surface area contributed by atoms with Crippen LogP contribution >= 0.6 is 0 Å². The van der Waals surface area contributed by atoms with Gasteiger partial charge in [0, 0.05) is 12.0 Å². The van der Waals surface area contributed by atoms with Crippen LogP contribution in [0.5, 0.6) is 11.5 Å². The minimum absolute atomic E-state index is 0.128. The number of hydrogen-bond donors (Lipinski definition) is 1. The molecule has 0 bridgehead atoms. The van der Waals surface area contributed by atoms with Crippen LogP contribution in [0.4, 0.5) is 0 Å². The average molecular weight is 265 g/mol. The van der Waals surface area contributed by atoms with Gasteiger partial charge in [0.05, 0.1) is 26.9 Å². The lowest BCUT2D eigenvalue weighted by atomic mass is 9.92. The summed E-state index contributed by atoms with van der Waals surface area (Å²) < 4.78 is 16.1. The van der Waals surface area contributed by atoms with Gasteiger partial charge in [0.2, 0.25) is 0 Å². The zero-order valence-corrected chi connectivity index (χ0v) is 11.9. The van der Waals surface area contributed by atoms with E-state index in [-0.39, 0.29) is 6.04 Å². The van der Waals surface area contributed by atoms with Crippen molar-refractivity contribution in [2.45, 2.75) is 31.9 Å². The van der Waals surface area contributed by atoms with Crippen molar-refractivity contribution in [2.24, 2.45) is 11.7 Å². The van der Waals surface area contributed by atoms with Crippen LogP contribution in [0.1, 0.15) is 18.9 Å². The highest BCUT2D eigenvalue weighted by molar-refractivity contribution is 5.43. The SMILES string of the molecule is COc1ccc(CC(N)C2COC(C)C2)cc1OC. The lowest BCUT2D eigenvalue weighted by Crippen LogP contribution is -2.32. The van der Waals surface area contributed by atoms with Gasteiger partial charge in [-0.2, -0.15) is 0 Å². The quantitative estimate of drug-likeness (QED) is 0.884. The number of rotatable bonds is 5. The number of nitrogens with two attached hydrogens (primary N) is 1. The number of benzene rings is 1. The van der Waals surface area contributed by atoms with Crippen LogP contribution in [-0.2, 0) is 11.2 Å². The van der Waals surface area contributed by atoms with Crippen LogP contribution < -0.4 is 15.2 Å². The third kappa shape index (κ3) is 3.39. The summed E-state index contributed by atoms with van der Waals surface area (Å²) in [6.07, 6.45) is 2.22. The molecule has 1 saturated heterocycles. The van der Waals surface area contributed by atoms with E-state index in [0.29, 0.717) is 12.0 Å². The standard InChI is InChI=1S/C15H23NO3/c1-10-6-12(9-19-10)13(16)7-11-4-5-14(17-2)15(8-11)18-3/h4-5,8,10,12-13H,6-7,9,16H2,1-3H3. The molecule has 1 fully saturated rings. The number of hydrogen-bond acceptors (Lipinski definition) is 4. The summed E-state index contributed by atoms with van der Waals surface area (Å²) in [5.74, 6) is 1.95. The minimum atomic E-state index is 0.128. The van der Waals surface area contributed by atoms with Gasteiger partial charge in [0.1, 0.15) is 0 Å². The first-order valence-corrected chi connectivity index (χ1v) is 6.72. The largest absolute Gasteiger partial charge is 0.493 e. The summed E-state index contributed by atoms with van der Waals surface area (Å²) in [5, 5.41) is 0. The van der Waals surface area contributed by atoms with Gasteiger partial charge in [-0.05, 0) is 37.5 Å². The van der Waals surface area contributed by atoms with E-state index in [1.807, 2.05) is 18.2 Å². The molecule has 0 aromatic heterocycles. The monoisotopic (exact) mass is 265 g/mol. The van der Waals surface area contributed by atoms with Gasteiger partial charge in [-0.25, -0.2) is 0 Å². The first kappa shape index (κ1) is 14.2. The number of methoxy groups -OCH3 is 2. The molecule has 4 heteroatoms. The molecule has 0 amide bonds. The van der Waals surface area contributed by atoms with Gasteiger partial charge in [-0.15, -0.1) is 0 Å². The third-order valence-electron chi connectivity index (χ3n) is 3.75. The van der Waals surface area contributed by atoms with Crippen molar-refractivity contribution in [3.8, 4) is 11.5 Å². The summed E-state index contributed by atoms with van der Waals surface area (Å²) in [6.45, 7) is 2.87. The Labute approximate surface area is 114 Å². The van der Waals surface area contributed by atoms with Crippen molar-refractivity contribution in [1.29, 1.82) is 0 Å². The smallest absolute Gasteiger partial charge is 0.160 e. The van der Waals surface area contributed by atoms with E-state index in [1.165, 1.54) is 5.56 Å². The normalized spacial score (nSPS) is 24.2. The summed E-state index contributed by atoms with van der Waals surface area (Å²) in [4.78, 5) is 0. The van der Waals surface area contributed by atoms with Gasteiger partial charge >= 0.3 is 0 Å². The minimum Gasteiger partial charge on any atom is -0.493 e. The second kappa shape index (κ2) is 6.26. The molecule has 1 heterocycles. The van der Waals surface area contributed by atoms with Crippen LogP contribution in [0, 0.1) is 5.92 Å². The van der Waals surface area contributed by atoms with Crippen LogP contribution in [0.3, 0.4) is 0 Å². The van der Waals surface area contributed by atoms with Crippen LogP contribution in [0.15, 0.2) is 18.2 Å². The Morgan fingerprint density at radius 3 is 2.63 bits per heavy atom. The fourth-order valence-corrected chi connectivity index (χ4v) is 2.60. The van der Waals surface area contributed by atoms with Gasteiger partial charge in [-0.3, -0.25) is 0 Å². The maximum absolute atomic E-state index is 6.28. The van der Waals surface area contributed by atoms with Gasteiger partial charge in [0.25, 0.3) is 0 Å². The molecule has 0 spiro atoms. The summed E-state index contributed by atoms with van der Waals surface area (Å²) >= 11 is 0. The molecule has 4 nitrogen and oxygen atoms in total. The fraction of sp³-hybridized carbons (Fsp3) is 0.600. The van der Waals surface area contributed by atoms with E-state index in [4.69, 9.17) is 19.9 Å². The number of ether oxygens (including phenoxy) is 3. The zero-order chi connectivity index (χ0) is 13.8.